The van der Waals surface area contributed by atoms with Gasteiger partial charge in [-0.15, -0.1) is 0 Å². The van der Waals surface area contributed by atoms with Crippen LogP contribution >= 0.6 is 0 Å². The molecule has 2 aromatic carbocycles. The van der Waals surface area contributed by atoms with Gasteiger partial charge in [0.05, 0.1) is 18.7 Å². The van der Waals surface area contributed by atoms with Crippen molar-refractivity contribution in [3.05, 3.63) is 71.8 Å². The van der Waals surface area contributed by atoms with E-state index in [4.69, 9.17) is 9.47 Å². The van der Waals surface area contributed by atoms with Crippen LogP contribution in [0.4, 0.5) is 4.79 Å². The van der Waals surface area contributed by atoms with Crippen LogP contribution < -0.4 is 5.32 Å². The molecule has 0 radical (unpaired) electrons. The zero-order valence-electron chi connectivity index (χ0n) is 23.3. The molecular weight excluding hydrogens is 460 g/mol. The fraction of sp³-hybridized carbons (Fsp3) is 0.594. The number of carbonyl (C=O) groups excluding carboxylic acids is 1. The molecule has 0 saturated carbocycles. The quantitative estimate of drug-likeness (QED) is 0.233. The van der Waals surface area contributed by atoms with Gasteiger partial charge < -0.3 is 14.8 Å². The van der Waals surface area contributed by atoms with E-state index in [2.05, 4.69) is 36.5 Å². The Morgan fingerprint density at radius 3 is 2.11 bits per heavy atom. The third kappa shape index (κ3) is 9.46. The molecule has 204 valence electrons. The summed E-state index contributed by atoms with van der Waals surface area (Å²) in [6.45, 7) is 7.80. The minimum atomic E-state index is -0.732. The molecule has 2 aromatic rings. The van der Waals surface area contributed by atoms with Crippen LogP contribution in [0.2, 0.25) is 0 Å². The number of nitrogens with one attached hydrogen (secondary N) is 1. The average molecular weight is 509 g/mol. The van der Waals surface area contributed by atoms with Gasteiger partial charge in [0.15, 0.2) is 0 Å². The van der Waals surface area contributed by atoms with Gasteiger partial charge in [0, 0.05) is 0 Å². The first-order valence-corrected chi connectivity index (χ1v) is 14.4. The normalized spacial score (nSPS) is 17.6. The lowest BCUT2D eigenvalue weighted by Gasteiger charge is -2.36. The van der Waals surface area contributed by atoms with Crippen LogP contribution in [0.1, 0.15) is 102 Å². The van der Waals surface area contributed by atoms with E-state index in [1.165, 1.54) is 63.4 Å². The van der Waals surface area contributed by atoms with Crippen molar-refractivity contribution in [1.29, 1.82) is 0 Å². The molecule has 0 spiro atoms. The topological polar surface area (TPSA) is 50.8 Å². The number of ether oxygens (including phenoxy) is 2. The van der Waals surface area contributed by atoms with E-state index in [-0.39, 0.29) is 24.8 Å². The molecule has 5 heteroatoms. The number of nitrogens with zero attached hydrogens (tertiary/aromatic N) is 1. The summed E-state index contributed by atoms with van der Waals surface area (Å²) < 4.78 is 11.9. The number of rotatable bonds is 16. The fourth-order valence-corrected chi connectivity index (χ4v) is 5.23. The second-order valence-corrected chi connectivity index (χ2v) is 10.8. The van der Waals surface area contributed by atoms with Gasteiger partial charge in [0.2, 0.25) is 0 Å². The minimum absolute atomic E-state index is 0.0224. The summed E-state index contributed by atoms with van der Waals surface area (Å²) >= 11 is 0. The second-order valence-electron chi connectivity index (χ2n) is 10.8. The third-order valence-corrected chi connectivity index (χ3v) is 7.36. The van der Waals surface area contributed by atoms with Crippen molar-refractivity contribution in [1.82, 2.24) is 10.2 Å². The highest BCUT2D eigenvalue weighted by Gasteiger charge is 2.48. The summed E-state index contributed by atoms with van der Waals surface area (Å²) in [5.41, 5.74) is 1.41. The van der Waals surface area contributed by atoms with E-state index in [0.29, 0.717) is 6.61 Å². The first-order chi connectivity index (χ1) is 18.0. The molecule has 1 aliphatic heterocycles. The Morgan fingerprint density at radius 2 is 1.49 bits per heavy atom. The Kier molecular flexibility index (Phi) is 12.5. The lowest BCUT2D eigenvalue weighted by atomic mass is 9.98. The molecule has 2 atom stereocenters. The van der Waals surface area contributed by atoms with Crippen molar-refractivity contribution in [3.63, 3.8) is 0 Å². The van der Waals surface area contributed by atoms with Crippen LogP contribution in [0.5, 0.6) is 0 Å². The first-order valence-electron chi connectivity index (χ1n) is 14.4. The molecule has 0 unspecified atom stereocenters. The summed E-state index contributed by atoms with van der Waals surface area (Å²) in [7, 11) is 0. The van der Waals surface area contributed by atoms with E-state index in [9.17, 15) is 4.79 Å². The highest BCUT2D eigenvalue weighted by Crippen LogP contribution is 2.35. The van der Waals surface area contributed by atoms with E-state index < -0.39 is 5.72 Å². The predicted molar refractivity (Wildman–Crippen MR) is 151 cm³/mol. The molecule has 1 heterocycles. The molecule has 3 rings (SSSR count). The molecular formula is C32H48N2O3. The van der Waals surface area contributed by atoms with E-state index in [1.807, 2.05) is 50.2 Å². The highest BCUT2D eigenvalue weighted by molar-refractivity contribution is 5.69. The molecule has 0 bridgehead atoms. The van der Waals surface area contributed by atoms with Gasteiger partial charge in [0.25, 0.3) is 0 Å². The van der Waals surface area contributed by atoms with Gasteiger partial charge in [-0.1, -0.05) is 125 Å². The molecule has 0 aromatic heterocycles. The van der Waals surface area contributed by atoms with Crippen molar-refractivity contribution in [2.24, 2.45) is 0 Å². The number of hydrogen-bond acceptors (Lipinski definition) is 4. The van der Waals surface area contributed by atoms with Gasteiger partial charge in [-0.25, -0.2) is 4.79 Å². The van der Waals surface area contributed by atoms with Crippen LogP contribution in [0, 0.1) is 0 Å². The van der Waals surface area contributed by atoms with Crippen LogP contribution in [-0.4, -0.2) is 35.9 Å². The maximum absolute atomic E-state index is 13.3. The fourth-order valence-electron chi connectivity index (χ4n) is 5.23. The summed E-state index contributed by atoms with van der Waals surface area (Å²) in [4.78, 5) is 15.1. The van der Waals surface area contributed by atoms with Crippen molar-refractivity contribution in [2.75, 3.05) is 13.2 Å². The molecule has 1 aliphatic rings. The van der Waals surface area contributed by atoms with Gasteiger partial charge in [-0.05, 0) is 37.9 Å². The van der Waals surface area contributed by atoms with E-state index >= 15 is 0 Å². The van der Waals surface area contributed by atoms with Crippen LogP contribution in [0.3, 0.4) is 0 Å². The Labute approximate surface area is 224 Å². The number of amides is 1. The first kappa shape index (κ1) is 29.2. The van der Waals surface area contributed by atoms with Gasteiger partial charge in [-0.2, -0.15) is 0 Å². The van der Waals surface area contributed by atoms with Gasteiger partial charge >= 0.3 is 6.09 Å². The number of carbonyl (C=O) groups is 1. The zero-order valence-corrected chi connectivity index (χ0v) is 23.3. The molecule has 0 aliphatic carbocycles. The average Bonchev–Trinajstić information content (AvgIpc) is 3.23. The molecule has 1 fully saturated rings. The van der Waals surface area contributed by atoms with Crippen molar-refractivity contribution in [3.8, 4) is 0 Å². The third-order valence-electron chi connectivity index (χ3n) is 7.36. The molecule has 1 N–H and O–H groups in total. The number of benzene rings is 2. The second kappa shape index (κ2) is 15.8. The van der Waals surface area contributed by atoms with Gasteiger partial charge in [0.1, 0.15) is 12.3 Å². The minimum Gasteiger partial charge on any atom is -0.444 e. The Bertz CT molecular complexity index is 887. The Morgan fingerprint density at radius 1 is 0.919 bits per heavy atom. The summed E-state index contributed by atoms with van der Waals surface area (Å²) in [5, 5.41) is 3.77. The van der Waals surface area contributed by atoms with Crippen molar-refractivity contribution >= 4 is 6.09 Å². The standard InChI is InChI=1S/C32H48N2O3/c1-4-5-6-7-8-9-10-11-12-19-24-33-30(28-22-17-14-18-23-28)29-26-37-32(2,3)34(29)31(35)36-25-27-20-15-13-16-21-27/h13-18,20-23,29-30,33H,4-12,19,24-26H2,1-3H3/t29-,30+/m1/s1. The largest absolute Gasteiger partial charge is 0.444 e. The molecule has 5 nitrogen and oxygen atoms in total. The number of hydrogen-bond donors (Lipinski definition) is 1. The van der Waals surface area contributed by atoms with Crippen LogP contribution in [0.15, 0.2) is 60.7 Å². The van der Waals surface area contributed by atoms with E-state index in [1.54, 1.807) is 4.90 Å². The zero-order chi connectivity index (χ0) is 26.3. The molecule has 37 heavy (non-hydrogen) atoms. The highest BCUT2D eigenvalue weighted by atomic mass is 16.6. The van der Waals surface area contributed by atoms with E-state index in [0.717, 1.165) is 18.5 Å². The Balaban J connectivity index is 1.54. The SMILES string of the molecule is CCCCCCCCCCCCN[C@@H](c1ccccc1)[C@H]1COC(C)(C)N1C(=O)OCc1ccccc1. The predicted octanol–water partition coefficient (Wildman–Crippen LogP) is 8.01. The monoisotopic (exact) mass is 508 g/mol. The molecule has 1 saturated heterocycles. The maximum atomic E-state index is 13.3. The maximum Gasteiger partial charge on any atom is 0.412 e. The van der Waals surface area contributed by atoms with Crippen LogP contribution in [-0.2, 0) is 16.1 Å². The lowest BCUT2D eigenvalue weighted by molar-refractivity contribution is -0.0503. The van der Waals surface area contributed by atoms with Crippen LogP contribution in [0.25, 0.3) is 0 Å². The van der Waals surface area contributed by atoms with Crippen molar-refractivity contribution < 1.29 is 14.3 Å². The number of unbranched alkanes of at least 4 members (excludes halogenated alkanes) is 9. The summed E-state index contributed by atoms with van der Waals surface area (Å²) in [6.07, 6.45) is 12.9. The van der Waals surface area contributed by atoms with Gasteiger partial charge in [-0.3, -0.25) is 4.90 Å². The smallest absolute Gasteiger partial charge is 0.412 e. The summed E-state index contributed by atoms with van der Waals surface area (Å²) in [6, 6.07) is 20.1. The summed E-state index contributed by atoms with van der Waals surface area (Å²) in [5.74, 6) is 0. The molecule has 1 amide bonds. The van der Waals surface area contributed by atoms with Crippen molar-refractivity contribution in [2.45, 2.75) is 109 Å². The lowest BCUT2D eigenvalue weighted by Crippen LogP contribution is -2.52. The Hall–Kier alpha value is -2.37.